The lowest BCUT2D eigenvalue weighted by Gasteiger charge is -2.32. The molecule has 0 bridgehead atoms. The minimum atomic E-state index is -1.64. The van der Waals surface area contributed by atoms with E-state index in [9.17, 15) is 62.3 Å². The van der Waals surface area contributed by atoms with Crippen LogP contribution in [-0.4, -0.2) is 198 Å². The molecule has 0 aromatic heterocycles. The van der Waals surface area contributed by atoms with E-state index in [1.165, 1.54) is 21.6 Å². The minimum absolute atomic E-state index is 0.0736. The van der Waals surface area contributed by atoms with E-state index < -0.39 is 169 Å². The van der Waals surface area contributed by atoms with E-state index in [1.54, 1.807) is 60.7 Å². The third-order valence-corrected chi connectivity index (χ3v) is 16.7. The number of likely N-dealkylation sites (tertiary alicyclic amines) is 2. The molecule has 524 valence electrons. The molecule has 2 aromatic rings. The molecule has 0 spiro atoms. The van der Waals surface area contributed by atoms with E-state index >= 15 is 0 Å². The molecule has 31 nitrogen and oxygen atoms in total. The number of aliphatic imine (C=N–C) groups is 1. The summed E-state index contributed by atoms with van der Waals surface area (Å²) in [5.74, 6) is -9.80. The molecule has 4 rings (SSSR count). The van der Waals surface area contributed by atoms with Crippen LogP contribution in [0.5, 0.6) is 0 Å². The van der Waals surface area contributed by atoms with E-state index in [1.807, 2.05) is 20.1 Å². The van der Waals surface area contributed by atoms with E-state index in [0.717, 1.165) is 0 Å². The number of carbonyl (C=O) groups excluding carboxylic acids is 13. The highest BCUT2D eigenvalue weighted by atomic mass is 32.2. The van der Waals surface area contributed by atoms with Crippen molar-refractivity contribution in [1.29, 1.82) is 0 Å². The molecule has 22 N–H and O–H groups in total. The first-order valence-corrected chi connectivity index (χ1v) is 33.6. The predicted octanol–water partition coefficient (Wildman–Crippen LogP) is -3.71. The van der Waals surface area contributed by atoms with Crippen LogP contribution in [0.15, 0.2) is 65.7 Å². The summed E-state index contributed by atoms with van der Waals surface area (Å²) >= 11 is 1.45. The summed E-state index contributed by atoms with van der Waals surface area (Å²) in [6, 6.07) is 4.51. The van der Waals surface area contributed by atoms with Crippen LogP contribution < -0.4 is 82.7 Å². The maximum Gasteiger partial charge on any atom is 0.245 e. The fourth-order valence-corrected chi connectivity index (χ4v) is 11.5. The largest absolute Gasteiger partial charge is 0.370 e. The summed E-state index contributed by atoms with van der Waals surface area (Å²) in [5, 5.41) is 21.1. The Bertz CT molecular complexity index is 2960. The second-order valence-electron chi connectivity index (χ2n) is 24.1. The number of primary amides is 3. The quantitative estimate of drug-likeness (QED) is 0.0173. The second kappa shape index (κ2) is 41.0. The van der Waals surface area contributed by atoms with Crippen LogP contribution in [-0.2, 0) is 75.2 Å². The van der Waals surface area contributed by atoms with Crippen LogP contribution in [0.1, 0.15) is 121 Å². The van der Waals surface area contributed by atoms with Gasteiger partial charge in [-0.05, 0) is 119 Å². The molecule has 32 heteroatoms. The Hall–Kier alpha value is -8.91. The number of nitrogens with one attached hydrogen (secondary N) is 8. The van der Waals surface area contributed by atoms with Gasteiger partial charge in [0.2, 0.25) is 76.8 Å². The number of carbonyl (C=O) groups is 13. The molecule has 10 atom stereocenters. The zero-order valence-electron chi connectivity index (χ0n) is 54.5. The van der Waals surface area contributed by atoms with Crippen LogP contribution in [0.25, 0.3) is 0 Å². The SMILES string of the molecule is CSCC[C@H](NC(=O)[C@H](CC(C)C)NC(=O)CNC(=O)[C@H](Cc1ccccc1)NC(=O)[C@@H](Cc1ccccc1)NC(=O)[C@@H](CCC(N)=O)NC(=O)[C@H](CCC(N)=O)NC(=O)[C@H]1CCCN1C(=O)[C@H](CCCCN)NC(=O)[C@H]1CCCN1C(=O)[C@H](N)CCCN=C(N)N)C(N)=O. The van der Waals surface area contributed by atoms with Gasteiger partial charge in [0.15, 0.2) is 5.96 Å². The molecule has 0 saturated carbocycles. The normalized spacial score (nSPS) is 16.8. The number of unbranched alkanes of at least 4 members (excludes halogenated alkanes) is 1. The molecule has 2 aromatic carbocycles. The van der Waals surface area contributed by atoms with Gasteiger partial charge in [-0.3, -0.25) is 67.3 Å². The Labute approximate surface area is 558 Å². The number of benzene rings is 2. The summed E-state index contributed by atoms with van der Waals surface area (Å²) in [7, 11) is 0. The molecule has 0 radical (unpaired) electrons. The molecule has 2 saturated heterocycles. The van der Waals surface area contributed by atoms with Crippen molar-refractivity contribution in [3.05, 3.63) is 71.8 Å². The first-order valence-electron chi connectivity index (χ1n) is 32.2. The van der Waals surface area contributed by atoms with Crippen molar-refractivity contribution in [2.75, 3.05) is 44.7 Å². The third kappa shape index (κ3) is 27.5. The predicted molar refractivity (Wildman–Crippen MR) is 356 cm³/mol. The number of guanidine groups is 1. The number of rotatable bonds is 42. The van der Waals surface area contributed by atoms with Crippen molar-refractivity contribution >= 4 is 94.5 Å². The lowest BCUT2D eigenvalue weighted by Crippen LogP contribution is -2.60. The van der Waals surface area contributed by atoms with Gasteiger partial charge in [-0.15, -0.1) is 0 Å². The van der Waals surface area contributed by atoms with Crippen LogP contribution >= 0.6 is 11.8 Å². The summed E-state index contributed by atoms with van der Waals surface area (Å²) in [6.07, 6.45) is 3.12. The smallest absolute Gasteiger partial charge is 0.245 e. The summed E-state index contributed by atoms with van der Waals surface area (Å²) in [5.41, 5.74) is 40.6. The maximum atomic E-state index is 14.7. The molecule has 95 heavy (non-hydrogen) atoms. The van der Waals surface area contributed by atoms with Crippen LogP contribution in [0.2, 0.25) is 0 Å². The van der Waals surface area contributed by atoms with Crippen molar-refractivity contribution in [2.24, 2.45) is 51.0 Å². The molecular formula is C63H98N18O13S. The van der Waals surface area contributed by atoms with Gasteiger partial charge in [-0.2, -0.15) is 11.8 Å². The molecule has 2 aliphatic heterocycles. The minimum Gasteiger partial charge on any atom is -0.370 e. The Balaban J connectivity index is 1.56. The zero-order chi connectivity index (χ0) is 70.1. The first kappa shape index (κ1) is 78.5. The Morgan fingerprint density at radius 3 is 1.51 bits per heavy atom. The monoisotopic (exact) mass is 1350 g/mol. The lowest BCUT2D eigenvalue weighted by molar-refractivity contribution is -0.144. The highest BCUT2D eigenvalue weighted by molar-refractivity contribution is 7.98. The molecular weight excluding hydrogens is 1250 g/mol. The average molecular weight is 1350 g/mol. The molecule has 13 amide bonds. The maximum absolute atomic E-state index is 14.7. The number of hydrogen-bond acceptors (Lipinski definition) is 17. The van der Waals surface area contributed by atoms with Gasteiger partial charge < -0.3 is 92.5 Å². The number of nitrogens with zero attached hydrogens (tertiary/aromatic N) is 3. The highest BCUT2D eigenvalue weighted by Crippen LogP contribution is 2.24. The second-order valence-corrected chi connectivity index (χ2v) is 25.1. The van der Waals surface area contributed by atoms with Crippen molar-refractivity contribution in [3.8, 4) is 0 Å². The van der Waals surface area contributed by atoms with Crippen LogP contribution in [0.4, 0.5) is 0 Å². The Morgan fingerprint density at radius 1 is 0.537 bits per heavy atom. The topological polar surface area (TPSA) is 519 Å². The first-order chi connectivity index (χ1) is 45.2. The van der Waals surface area contributed by atoms with Gasteiger partial charge in [0, 0.05) is 45.3 Å². The van der Waals surface area contributed by atoms with E-state index in [2.05, 4.69) is 47.5 Å². The standard InChI is InChI=1S/C63H98N18O13S/c1-37(2)33-45(57(89)74-41(53(68)85)27-32-95-3)73-52(84)36-72-54(86)46(34-38-15-6-4-7-16-38)78-58(90)47(35-39-17-8-5-9-18-39)79-56(88)42(23-25-50(66)82)75-55(87)43(24-26-51(67)83)76-59(91)49-22-14-31-81(49)62(94)44(20-10-11-28-64)77-60(92)48-21-13-30-80(48)61(93)40(65)19-12-29-71-63(69)70/h4-9,15-18,37,40-49H,10-14,19-36,64-65H2,1-3H3,(H2,66,82)(H2,67,83)(H2,68,85)(H,72,86)(H,73,84)(H,74,89)(H,75,87)(H,76,91)(H,77,92)(H,78,90)(H,79,88)(H4,69,70,71)/t40-,41+,42-,43+,44+,45+,46+,47-,48-,49-/m1/s1. The molecule has 0 unspecified atom stereocenters. The Kier molecular flexibility index (Phi) is 33.9. The molecule has 2 fully saturated rings. The number of amides is 13. The molecule has 0 aliphatic carbocycles. The third-order valence-electron chi connectivity index (χ3n) is 16.0. The van der Waals surface area contributed by atoms with Crippen LogP contribution in [0.3, 0.4) is 0 Å². The summed E-state index contributed by atoms with van der Waals surface area (Å²) in [4.78, 5) is 185. The van der Waals surface area contributed by atoms with Gasteiger partial charge in [-0.1, -0.05) is 74.5 Å². The number of hydrogen-bond donors (Lipinski definition) is 15. The van der Waals surface area contributed by atoms with Crippen molar-refractivity contribution in [2.45, 2.75) is 183 Å². The van der Waals surface area contributed by atoms with Gasteiger partial charge in [0.25, 0.3) is 0 Å². The zero-order valence-corrected chi connectivity index (χ0v) is 55.3. The van der Waals surface area contributed by atoms with Gasteiger partial charge >= 0.3 is 0 Å². The van der Waals surface area contributed by atoms with E-state index in [0.29, 0.717) is 55.4 Å². The lowest BCUT2D eigenvalue weighted by atomic mass is 10.0. The average Bonchev–Trinajstić information content (AvgIpc) is 1.74. The fourth-order valence-electron chi connectivity index (χ4n) is 11.0. The van der Waals surface area contributed by atoms with E-state index in [4.69, 9.17) is 40.1 Å². The van der Waals surface area contributed by atoms with Crippen molar-refractivity contribution in [1.82, 2.24) is 52.3 Å². The Morgan fingerprint density at radius 2 is 1.01 bits per heavy atom. The van der Waals surface area contributed by atoms with Crippen LogP contribution in [0, 0.1) is 5.92 Å². The summed E-state index contributed by atoms with van der Waals surface area (Å²) < 4.78 is 0. The highest BCUT2D eigenvalue weighted by Gasteiger charge is 2.42. The van der Waals surface area contributed by atoms with Crippen molar-refractivity contribution in [3.63, 3.8) is 0 Å². The van der Waals surface area contributed by atoms with Crippen molar-refractivity contribution < 1.29 is 62.3 Å². The van der Waals surface area contributed by atoms with Gasteiger partial charge in [-0.25, -0.2) is 0 Å². The summed E-state index contributed by atoms with van der Waals surface area (Å²) in [6.45, 7) is 3.86. The molecule has 2 aliphatic rings. The fraction of sp³-hybridized carbons (Fsp3) is 0.587. The molecule has 2 heterocycles. The van der Waals surface area contributed by atoms with Gasteiger partial charge in [0.1, 0.15) is 54.4 Å². The van der Waals surface area contributed by atoms with Gasteiger partial charge in [0.05, 0.1) is 12.6 Å². The number of thioether (sulfide) groups is 1. The number of nitrogens with two attached hydrogens (primary N) is 7. The van der Waals surface area contributed by atoms with E-state index in [-0.39, 0.29) is 83.0 Å².